The molecule has 3 rings (SSSR count). The lowest BCUT2D eigenvalue weighted by atomic mass is 10.2. The Hall–Kier alpha value is -1.82. The molecule has 19 heavy (non-hydrogen) atoms. The highest BCUT2D eigenvalue weighted by atomic mass is 32.1. The van der Waals surface area contributed by atoms with Crippen molar-refractivity contribution in [2.75, 3.05) is 6.54 Å². The third-order valence-corrected chi connectivity index (χ3v) is 4.35. The Labute approximate surface area is 115 Å². The molecule has 2 aromatic heterocycles. The molecule has 2 N–H and O–H groups in total. The summed E-state index contributed by atoms with van der Waals surface area (Å²) in [7, 11) is 0. The highest BCUT2D eigenvalue weighted by Crippen LogP contribution is 2.34. The second kappa shape index (κ2) is 5.44. The molecule has 2 amide bonds. The van der Waals surface area contributed by atoms with Crippen molar-refractivity contribution in [3.05, 3.63) is 40.3 Å². The van der Waals surface area contributed by atoms with E-state index in [9.17, 15) is 4.79 Å². The number of H-pyrrole nitrogens is 1. The van der Waals surface area contributed by atoms with Crippen molar-refractivity contribution in [3.63, 3.8) is 0 Å². The van der Waals surface area contributed by atoms with Gasteiger partial charge in [0.25, 0.3) is 0 Å². The predicted octanol–water partition coefficient (Wildman–Crippen LogP) is 2.52. The van der Waals surface area contributed by atoms with Gasteiger partial charge >= 0.3 is 6.03 Å². The monoisotopic (exact) mass is 276 g/mol. The molecule has 1 saturated heterocycles. The van der Waals surface area contributed by atoms with Gasteiger partial charge in [0, 0.05) is 17.6 Å². The predicted molar refractivity (Wildman–Crippen MR) is 73.8 cm³/mol. The molecule has 0 unspecified atom stereocenters. The van der Waals surface area contributed by atoms with Crippen LogP contribution in [-0.4, -0.2) is 27.7 Å². The fourth-order valence-electron chi connectivity index (χ4n) is 2.44. The van der Waals surface area contributed by atoms with Gasteiger partial charge in [0.15, 0.2) is 0 Å². The standard InChI is InChI=1S/C13H16N4OS/c18-13(14-9-10-5-6-15-16-10)17-7-1-3-11(17)12-4-2-8-19-12/h2,4-6,8,11H,1,3,7,9H2,(H,14,18)(H,15,16)/t11-/m1/s1. The third kappa shape index (κ3) is 2.63. The molecule has 0 saturated carbocycles. The van der Waals surface area contributed by atoms with Crippen LogP contribution in [0, 0.1) is 0 Å². The number of hydrogen-bond acceptors (Lipinski definition) is 3. The maximum Gasteiger partial charge on any atom is 0.318 e. The van der Waals surface area contributed by atoms with Crippen LogP contribution in [-0.2, 0) is 6.54 Å². The van der Waals surface area contributed by atoms with Crippen LogP contribution in [0.3, 0.4) is 0 Å². The van der Waals surface area contributed by atoms with Gasteiger partial charge in [0.05, 0.1) is 18.3 Å². The Morgan fingerprint density at radius 2 is 2.53 bits per heavy atom. The molecule has 0 spiro atoms. The molecule has 1 fully saturated rings. The summed E-state index contributed by atoms with van der Waals surface area (Å²) in [6, 6.07) is 6.25. The van der Waals surface area contributed by atoms with Crippen molar-refractivity contribution in [3.8, 4) is 0 Å². The van der Waals surface area contributed by atoms with E-state index in [1.165, 1.54) is 4.88 Å². The van der Waals surface area contributed by atoms with Crippen molar-refractivity contribution in [1.82, 2.24) is 20.4 Å². The summed E-state index contributed by atoms with van der Waals surface area (Å²) in [5.74, 6) is 0. The zero-order valence-electron chi connectivity index (χ0n) is 10.5. The van der Waals surface area contributed by atoms with E-state index in [0.717, 1.165) is 25.1 Å². The number of rotatable bonds is 3. The highest BCUT2D eigenvalue weighted by Gasteiger charge is 2.30. The van der Waals surface area contributed by atoms with Crippen LogP contribution in [0.4, 0.5) is 4.79 Å². The summed E-state index contributed by atoms with van der Waals surface area (Å²) in [5, 5.41) is 11.7. The van der Waals surface area contributed by atoms with Gasteiger partial charge in [-0.15, -0.1) is 11.3 Å². The zero-order valence-corrected chi connectivity index (χ0v) is 11.3. The van der Waals surface area contributed by atoms with Gasteiger partial charge in [-0.25, -0.2) is 4.79 Å². The third-order valence-electron chi connectivity index (χ3n) is 3.37. The SMILES string of the molecule is O=C(NCc1ccn[nH]1)N1CCC[C@@H]1c1cccs1. The van der Waals surface area contributed by atoms with Gasteiger partial charge in [-0.1, -0.05) is 6.07 Å². The quantitative estimate of drug-likeness (QED) is 0.905. The molecular formula is C13H16N4OS. The highest BCUT2D eigenvalue weighted by molar-refractivity contribution is 7.10. The maximum absolute atomic E-state index is 12.2. The van der Waals surface area contributed by atoms with E-state index in [4.69, 9.17) is 0 Å². The lowest BCUT2D eigenvalue weighted by Crippen LogP contribution is -2.39. The molecule has 1 aliphatic rings. The number of aromatic nitrogens is 2. The minimum atomic E-state index is 0.00509. The lowest BCUT2D eigenvalue weighted by molar-refractivity contribution is 0.193. The van der Waals surface area contributed by atoms with Crippen LogP contribution < -0.4 is 5.32 Å². The molecule has 0 aromatic carbocycles. The summed E-state index contributed by atoms with van der Waals surface area (Å²) >= 11 is 1.72. The number of amides is 2. The van der Waals surface area contributed by atoms with Crippen LogP contribution in [0.2, 0.25) is 0 Å². The van der Waals surface area contributed by atoms with Gasteiger partial charge in [0.1, 0.15) is 0 Å². The van der Waals surface area contributed by atoms with Crippen LogP contribution in [0.15, 0.2) is 29.8 Å². The van der Waals surface area contributed by atoms with Gasteiger partial charge < -0.3 is 10.2 Å². The van der Waals surface area contributed by atoms with Gasteiger partial charge in [-0.2, -0.15) is 5.10 Å². The Bertz CT molecular complexity index is 523. The lowest BCUT2D eigenvalue weighted by Gasteiger charge is -2.24. The average molecular weight is 276 g/mol. The number of likely N-dealkylation sites (tertiary alicyclic amines) is 1. The van der Waals surface area contributed by atoms with Crippen molar-refractivity contribution in [1.29, 1.82) is 0 Å². The molecule has 1 atom stereocenters. The van der Waals surface area contributed by atoms with Crippen molar-refractivity contribution < 1.29 is 4.79 Å². The number of nitrogens with one attached hydrogen (secondary N) is 2. The second-order valence-corrected chi connectivity index (χ2v) is 5.59. The normalized spacial score (nSPS) is 18.7. The molecule has 1 aliphatic heterocycles. The number of aromatic amines is 1. The van der Waals surface area contributed by atoms with E-state index >= 15 is 0 Å². The van der Waals surface area contributed by atoms with Crippen molar-refractivity contribution in [2.24, 2.45) is 0 Å². The Kier molecular flexibility index (Phi) is 3.50. The number of thiophene rings is 1. The molecule has 100 valence electrons. The van der Waals surface area contributed by atoms with Gasteiger partial charge in [0.2, 0.25) is 0 Å². The Morgan fingerprint density at radius 1 is 1.58 bits per heavy atom. The number of carbonyl (C=O) groups is 1. The minimum absolute atomic E-state index is 0.00509. The number of nitrogens with zero attached hydrogens (tertiary/aromatic N) is 2. The van der Waals surface area contributed by atoms with Crippen molar-refractivity contribution in [2.45, 2.75) is 25.4 Å². The first-order chi connectivity index (χ1) is 9.34. The average Bonchev–Trinajstić information content (AvgIpc) is 3.14. The fourth-order valence-corrected chi connectivity index (χ4v) is 3.32. The topological polar surface area (TPSA) is 61.0 Å². The number of hydrogen-bond donors (Lipinski definition) is 2. The van der Waals surface area contributed by atoms with Gasteiger partial charge in [-0.05, 0) is 30.4 Å². The molecule has 0 aliphatic carbocycles. The summed E-state index contributed by atoms with van der Waals surface area (Å²) in [6.45, 7) is 1.32. The molecule has 0 bridgehead atoms. The first kappa shape index (κ1) is 12.2. The molecular weight excluding hydrogens is 260 g/mol. The van der Waals surface area contributed by atoms with E-state index in [1.807, 2.05) is 17.0 Å². The first-order valence-electron chi connectivity index (χ1n) is 6.41. The molecule has 2 aromatic rings. The molecule has 6 heteroatoms. The van der Waals surface area contributed by atoms with E-state index in [1.54, 1.807) is 17.5 Å². The maximum atomic E-state index is 12.2. The van der Waals surface area contributed by atoms with E-state index < -0.39 is 0 Å². The van der Waals surface area contributed by atoms with E-state index in [0.29, 0.717) is 6.54 Å². The van der Waals surface area contributed by atoms with Crippen LogP contribution in [0.25, 0.3) is 0 Å². The summed E-state index contributed by atoms with van der Waals surface area (Å²) in [5.41, 5.74) is 0.917. The summed E-state index contributed by atoms with van der Waals surface area (Å²) in [4.78, 5) is 15.4. The fraction of sp³-hybridized carbons (Fsp3) is 0.385. The molecule has 5 nitrogen and oxygen atoms in total. The molecule has 3 heterocycles. The zero-order chi connectivity index (χ0) is 13.1. The smallest absolute Gasteiger partial charge is 0.318 e. The van der Waals surface area contributed by atoms with E-state index in [-0.39, 0.29) is 12.1 Å². The van der Waals surface area contributed by atoms with E-state index in [2.05, 4.69) is 27.0 Å². The van der Waals surface area contributed by atoms with Crippen LogP contribution >= 0.6 is 11.3 Å². The minimum Gasteiger partial charge on any atom is -0.332 e. The Morgan fingerprint density at radius 3 is 3.26 bits per heavy atom. The molecule has 0 radical (unpaired) electrons. The van der Waals surface area contributed by atoms with Crippen LogP contribution in [0.5, 0.6) is 0 Å². The summed E-state index contributed by atoms with van der Waals surface area (Å²) in [6.07, 6.45) is 3.81. The largest absolute Gasteiger partial charge is 0.332 e. The van der Waals surface area contributed by atoms with Crippen LogP contribution in [0.1, 0.15) is 29.5 Å². The van der Waals surface area contributed by atoms with Crippen molar-refractivity contribution >= 4 is 17.4 Å². The Balaban J connectivity index is 1.62. The number of carbonyl (C=O) groups excluding carboxylic acids is 1. The van der Waals surface area contributed by atoms with Gasteiger partial charge in [-0.3, -0.25) is 5.10 Å². The number of urea groups is 1. The second-order valence-electron chi connectivity index (χ2n) is 4.61. The first-order valence-corrected chi connectivity index (χ1v) is 7.28. The summed E-state index contributed by atoms with van der Waals surface area (Å²) < 4.78 is 0.